The Kier molecular flexibility index (Phi) is 6.15. The van der Waals surface area contributed by atoms with Crippen LogP contribution in [0.3, 0.4) is 0 Å². The first-order valence-corrected chi connectivity index (χ1v) is 8.67. The molecule has 2 rings (SSSR count). The van der Waals surface area contributed by atoms with Crippen LogP contribution in [0, 0.1) is 11.8 Å². The number of unbranched alkanes of at least 4 members (excludes halogenated alkanes) is 1. The average molecular weight is 266 g/mol. The van der Waals surface area contributed by atoms with Crippen LogP contribution in [-0.2, 0) is 0 Å². The second-order valence-electron chi connectivity index (χ2n) is 7.20. The van der Waals surface area contributed by atoms with Crippen LogP contribution in [0.25, 0.3) is 0 Å². The van der Waals surface area contributed by atoms with Crippen molar-refractivity contribution in [1.29, 1.82) is 0 Å². The van der Waals surface area contributed by atoms with Crippen molar-refractivity contribution in [1.82, 2.24) is 10.2 Å². The van der Waals surface area contributed by atoms with Crippen LogP contribution in [0.4, 0.5) is 0 Å². The first-order valence-electron chi connectivity index (χ1n) is 8.67. The van der Waals surface area contributed by atoms with Crippen LogP contribution in [0.5, 0.6) is 0 Å². The number of likely N-dealkylation sites (tertiary alicyclic amines) is 1. The summed E-state index contributed by atoms with van der Waals surface area (Å²) in [6.07, 6.45) is 9.80. The second kappa shape index (κ2) is 7.64. The van der Waals surface area contributed by atoms with Crippen molar-refractivity contribution < 1.29 is 0 Å². The molecule has 2 nitrogen and oxygen atoms in total. The molecular weight excluding hydrogens is 232 g/mol. The summed E-state index contributed by atoms with van der Waals surface area (Å²) in [6.45, 7) is 11.0. The van der Waals surface area contributed by atoms with Crippen molar-refractivity contribution in [2.75, 3.05) is 19.6 Å². The van der Waals surface area contributed by atoms with Gasteiger partial charge in [-0.1, -0.05) is 40.0 Å². The Balaban J connectivity index is 1.85. The summed E-state index contributed by atoms with van der Waals surface area (Å²) >= 11 is 0. The summed E-state index contributed by atoms with van der Waals surface area (Å²) < 4.78 is 0. The topological polar surface area (TPSA) is 15.3 Å². The fraction of sp³-hybridized carbons (Fsp3) is 1.00. The molecule has 19 heavy (non-hydrogen) atoms. The summed E-state index contributed by atoms with van der Waals surface area (Å²) in [5.41, 5.74) is 0. The molecule has 0 radical (unpaired) electrons. The van der Waals surface area contributed by atoms with Gasteiger partial charge in [-0.3, -0.25) is 0 Å². The molecule has 0 amide bonds. The fourth-order valence-electron chi connectivity index (χ4n) is 3.83. The van der Waals surface area contributed by atoms with Crippen LogP contribution >= 0.6 is 0 Å². The molecule has 0 aromatic rings. The molecule has 1 saturated heterocycles. The number of nitrogens with zero attached hydrogens (tertiary/aromatic N) is 1. The van der Waals surface area contributed by atoms with Gasteiger partial charge < -0.3 is 10.2 Å². The molecule has 2 unspecified atom stereocenters. The molecule has 2 fully saturated rings. The van der Waals surface area contributed by atoms with Gasteiger partial charge in [0.15, 0.2) is 0 Å². The van der Waals surface area contributed by atoms with Gasteiger partial charge in [-0.25, -0.2) is 0 Å². The summed E-state index contributed by atoms with van der Waals surface area (Å²) in [7, 11) is 0. The van der Waals surface area contributed by atoms with Crippen molar-refractivity contribution in [3.05, 3.63) is 0 Å². The third-order valence-electron chi connectivity index (χ3n) is 5.16. The third-order valence-corrected chi connectivity index (χ3v) is 5.16. The summed E-state index contributed by atoms with van der Waals surface area (Å²) in [5, 5.41) is 3.97. The van der Waals surface area contributed by atoms with E-state index >= 15 is 0 Å². The largest absolute Gasteiger partial charge is 0.310 e. The number of hydrogen-bond donors (Lipinski definition) is 1. The number of piperidine rings is 1. The Hall–Kier alpha value is -0.0800. The first-order chi connectivity index (χ1) is 9.19. The smallest absolute Gasteiger partial charge is 0.0200 e. The van der Waals surface area contributed by atoms with E-state index in [-0.39, 0.29) is 0 Å². The highest BCUT2D eigenvalue weighted by atomic mass is 15.2. The minimum atomic E-state index is 0.751. The van der Waals surface area contributed by atoms with E-state index in [4.69, 9.17) is 0 Å². The Labute approximate surface area is 120 Å². The van der Waals surface area contributed by atoms with Gasteiger partial charge in [0.25, 0.3) is 0 Å². The molecular formula is C17H34N2. The summed E-state index contributed by atoms with van der Waals surface area (Å²) in [4.78, 5) is 2.73. The molecule has 2 atom stereocenters. The van der Waals surface area contributed by atoms with E-state index in [9.17, 15) is 0 Å². The van der Waals surface area contributed by atoms with Crippen LogP contribution in [-0.4, -0.2) is 36.6 Å². The highest BCUT2D eigenvalue weighted by Gasteiger charge is 2.30. The lowest BCUT2D eigenvalue weighted by atomic mass is 9.85. The van der Waals surface area contributed by atoms with Gasteiger partial charge in [-0.15, -0.1) is 0 Å². The SMILES string of the molecule is CCCCN1CC(NC2CCCC2)CC(C(C)C)C1. The van der Waals surface area contributed by atoms with Gasteiger partial charge in [-0.2, -0.15) is 0 Å². The maximum Gasteiger partial charge on any atom is 0.0200 e. The molecule has 112 valence electrons. The summed E-state index contributed by atoms with van der Waals surface area (Å²) in [6, 6.07) is 1.57. The fourth-order valence-corrected chi connectivity index (χ4v) is 3.83. The molecule has 1 heterocycles. The standard InChI is InChI=1S/C17H34N2/c1-4-5-10-19-12-15(14(2)3)11-17(13-19)18-16-8-6-7-9-16/h14-18H,4-13H2,1-3H3. The Morgan fingerprint density at radius 3 is 2.47 bits per heavy atom. The monoisotopic (exact) mass is 266 g/mol. The van der Waals surface area contributed by atoms with Crippen molar-refractivity contribution in [2.45, 2.75) is 77.8 Å². The summed E-state index contributed by atoms with van der Waals surface area (Å²) in [5.74, 6) is 1.72. The maximum atomic E-state index is 3.97. The van der Waals surface area contributed by atoms with E-state index in [0.717, 1.165) is 23.9 Å². The number of nitrogens with one attached hydrogen (secondary N) is 1. The van der Waals surface area contributed by atoms with Crippen LogP contribution < -0.4 is 5.32 Å². The van der Waals surface area contributed by atoms with E-state index in [1.54, 1.807) is 0 Å². The molecule has 0 bridgehead atoms. The Bertz CT molecular complexity index is 244. The van der Waals surface area contributed by atoms with Gasteiger partial charge in [0, 0.05) is 25.2 Å². The normalized spacial score (nSPS) is 30.3. The van der Waals surface area contributed by atoms with E-state index < -0.39 is 0 Å². The van der Waals surface area contributed by atoms with Gasteiger partial charge in [0.1, 0.15) is 0 Å². The Morgan fingerprint density at radius 2 is 1.84 bits per heavy atom. The maximum absolute atomic E-state index is 3.97. The van der Waals surface area contributed by atoms with Gasteiger partial charge in [-0.05, 0) is 44.1 Å². The lowest BCUT2D eigenvalue weighted by Gasteiger charge is -2.41. The second-order valence-corrected chi connectivity index (χ2v) is 7.20. The highest BCUT2D eigenvalue weighted by Crippen LogP contribution is 2.26. The predicted octanol–water partition coefficient (Wildman–Crippen LogP) is 3.67. The van der Waals surface area contributed by atoms with Crippen LogP contribution in [0.15, 0.2) is 0 Å². The van der Waals surface area contributed by atoms with Crippen molar-refractivity contribution in [3.63, 3.8) is 0 Å². The van der Waals surface area contributed by atoms with E-state index in [1.807, 2.05) is 0 Å². The first kappa shape index (κ1) is 15.3. The molecule has 1 aliphatic heterocycles. The van der Waals surface area contributed by atoms with E-state index in [1.165, 1.54) is 64.6 Å². The molecule has 2 aliphatic rings. The Morgan fingerprint density at radius 1 is 1.11 bits per heavy atom. The minimum absolute atomic E-state index is 0.751. The molecule has 2 heteroatoms. The van der Waals surface area contributed by atoms with Gasteiger partial charge in [0.2, 0.25) is 0 Å². The van der Waals surface area contributed by atoms with Crippen molar-refractivity contribution >= 4 is 0 Å². The molecule has 1 aliphatic carbocycles. The molecule has 1 saturated carbocycles. The highest BCUT2D eigenvalue weighted by molar-refractivity contribution is 4.88. The van der Waals surface area contributed by atoms with Gasteiger partial charge in [0.05, 0.1) is 0 Å². The van der Waals surface area contributed by atoms with E-state index in [2.05, 4.69) is 31.0 Å². The molecule has 0 spiro atoms. The molecule has 1 N–H and O–H groups in total. The van der Waals surface area contributed by atoms with Crippen LogP contribution in [0.1, 0.15) is 65.7 Å². The lowest BCUT2D eigenvalue weighted by molar-refractivity contribution is 0.109. The zero-order chi connectivity index (χ0) is 13.7. The number of hydrogen-bond acceptors (Lipinski definition) is 2. The lowest BCUT2D eigenvalue weighted by Crippen LogP contribution is -2.52. The molecule has 0 aromatic heterocycles. The minimum Gasteiger partial charge on any atom is -0.310 e. The van der Waals surface area contributed by atoms with Crippen molar-refractivity contribution in [3.8, 4) is 0 Å². The zero-order valence-electron chi connectivity index (χ0n) is 13.3. The predicted molar refractivity (Wildman–Crippen MR) is 83.5 cm³/mol. The van der Waals surface area contributed by atoms with Crippen molar-refractivity contribution in [2.24, 2.45) is 11.8 Å². The van der Waals surface area contributed by atoms with E-state index in [0.29, 0.717) is 0 Å². The van der Waals surface area contributed by atoms with Gasteiger partial charge >= 0.3 is 0 Å². The quantitative estimate of drug-likeness (QED) is 0.789. The third kappa shape index (κ3) is 4.75. The zero-order valence-corrected chi connectivity index (χ0v) is 13.3. The number of rotatable bonds is 6. The van der Waals surface area contributed by atoms with Crippen LogP contribution in [0.2, 0.25) is 0 Å². The average Bonchev–Trinajstić information content (AvgIpc) is 2.89. The molecule has 0 aromatic carbocycles.